The fraction of sp³-hybridized carbons (Fsp3) is 0.632. The summed E-state index contributed by atoms with van der Waals surface area (Å²) < 4.78 is 1.59. The van der Waals surface area contributed by atoms with E-state index in [0.29, 0.717) is 5.92 Å². The van der Waals surface area contributed by atoms with E-state index in [0.717, 1.165) is 47.3 Å². The van der Waals surface area contributed by atoms with Gasteiger partial charge in [-0.25, -0.2) is 0 Å². The Morgan fingerprint density at radius 2 is 1.49 bits per heavy atom. The Hall–Kier alpha value is -1.34. The van der Waals surface area contributed by atoms with Gasteiger partial charge in [-0.15, -0.1) is 0 Å². The fourth-order valence-electron chi connectivity index (χ4n) is 12.0. The highest BCUT2D eigenvalue weighted by atomic mass is 79.9. The molecule has 0 N–H and O–H groups in total. The van der Waals surface area contributed by atoms with E-state index >= 15 is 0 Å². The molecule has 39 heavy (non-hydrogen) atoms. The largest absolute Gasteiger partial charge is 0.0882 e. The molecule has 9 aliphatic carbocycles. The monoisotopic (exact) mass is 580 g/mol. The van der Waals surface area contributed by atoms with Crippen LogP contribution in [0.3, 0.4) is 0 Å². The van der Waals surface area contributed by atoms with Crippen LogP contribution in [0.2, 0.25) is 0 Å². The molecular formula is C38H45Br. The topological polar surface area (TPSA) is 0 Å². The van der Waals surface area contributed by atoms with Gasteiger partial charge in [-0.1, -0.05) is 81.9 Å². The van der Waals surface area contributed by atoms with Crippen LogP contribution in [0, 0.1) is 53.3 Å². The first-order chi connectivity index (χ1) is 19.3. The van der Waals surface area contributed by atoms with Crippen LogP contribution in [0.1, 0.15) is 96.3 Å². The molecule has 0 aliphatic heterocycles. The number of fused-ring (bicyclic) bond motifs is 14. The normalized spacial score (nSPS) is 44.1. The van der Waals surface area contributed by atoms with Crippen LogP contribution in [-0.4, -0.2) is 0 Å². The van der Waals surface area contributed by atoms with Gasteiger partial charge in [0.1, 0.15) is 0 Å². The summed E-state index contributed by atoms with van der Waals surface area (Å²) in [5.74, 6) is 7.07. The van der Waals surface area contributed by atoms with E-state index in [2.05, 4.69) is 52.4 Å². The lowest BCUT2D eigenvalue weighted by molar-refractivity contribution is 0.0245. The minimum Gasteiger partial charge on any atom is -0.0882 e. The second kappa shape index (κ2) is 9.34. The zero-order chi connectivity index (χ0) is 25.7. The molecule has 9 rings (SSSR count). The maximum atomic E-state index is 4.23. The first-order valence-electron chi connectivity index (χ1n) is 16.9. The van der Waals surface area contributed by atoms with Crippen LogP contribution in [0.5, 0.6) is 0 Å². The Labute approximate surface area is 244 Å². The van der Waals surface area contributed by atoms with Crippen molar-refractivity contribution >= 4 is 15.9 Å². The molecule has 0 amide bonds. The Morgan fingerprint density at radius 1 is 0.667 bits per heavy atom. The van der Waals surface area contributed by atoms with Crippen molar-refractivity contribution in [3.05, 3.63) is 80.0 Å². The second-order valence-electron chi connectivity index (χ2n) is 14.6. The summed E-state index contributed by atoms with van der Waals surface area (Å²) >= 11 is 4.23. The van der Waals surface area contributed by atoms with E-state index in [9.17, 15) is 0 Å². The van der Waals surface area contributed by atoms with Crippen LogP contribution >= 0.6 is 15.9 Å². The third kappa shape index (κ3) is 3.47. The molecule has 0 spiro atoms. The number of allylic oxidation sites excluding steroid dienone is 14. The van der Waals surface area contributed by atoms with Crippen molar-refractivity contribution in [2.75, 3.05) is 0 Å². The molecule has 9 unspecified atom stereocenters. The third-order valence-corrected chi connectivity index (χ3v) is 14.1. The highest BCUT2D eigenvalue weighted by Gasteiger charge is 2.57. The smallest absolute Gasteiger partial charge is 0.00568 e. The van der Waals surface area contributed by atoms with Crippen molar-refractivity contribution in [2.45, 2.75) is 96.3 Å². The standard InChI is InChI=1S/C38H45Br/c39-35-19-9-18-29-26-14-5-7-16-28(26)36-34-21-32-25-13-4-2-11-23(25)22-10-1-3-12-24(22)31(32)20-33(34)27-15-6-8-17-30(27)38(36)37(29)35/h1,7,10,16,19,21,23,25-26,28-29,33,36-38H,2-6,8-9,11-15,17-18,20H2. The maximum Gasteiger partial charge on any atom is 0.00568 e. The molecule has 2 saturated carbocycles. The zero-order valence-corrected chi connectivity index (χ0v) is 25.2. The molecule has 0 nitrogen and oxygen atoms in total. The van der Waals surface area contributed by atoms with Gasteiger partial charge in [0.25, 0.3) is 0 Å². The van der Waals surface area contributed by atoms with Crippen molar-refractivity contribution in [3.63, 3.8) is 0 Å². The summed E-state index contributed by atoms with van der Waals surface area (Å²) in [5, 5.41) is 0. The van der Waals surface area contributed by atoms with Gasteiger partial charge < -0.3 is 0 Å². The Balaban J connectivity index is 1.26. The van der Waals surface area contributed by atoms with Gasteiger partial charge in [-0.05, 0) is 152 Å². The van der Waals surface area contributed by atoms with Crippen molar-refractivity contribution in [1.82, 2.24) is 0 Å². The van der Waals surface area contributed by atoms with Crippen LogP contribution in [0.4, 0.5) is 0 Å². The average Bonchev–Trinajstić information content (AvgIpc) is 3.00. The highest BCUT2D eigenvalue weighted by Crippen LogP contribution is 2.66. The minimum absolute atomic E-state index is 0.707. The number of hydrogen-bond donors (Lipinski definition) is 0. The molecule has 0 saturated heterocycles. The van der Waals surface area contributed by atoms with Gasteiger partial charge in [0.2, 0.25) is 0 Å². The molecule has 0 aromatic heterocycles. The summed E-state index contributed by atoms with van der Waals surface area (Å²) in [4.78, 5) is 0. The lowest BCUT2D eigenvalue weighted by Gasteiger charge is -2.60. The van der Waals surface area contributed by atoms with Gasteiger partial charge in [0.15, 0.2) is 0 Å². The van der Waals surface area contributed by atoms with E-state index in [1.54, 1.807) is 10.1 Å². The van der Waals surface area contributed by atoms with E-state index in [4.69, 9.17) is 0 Å². The van der Waals surface area contributed by atoms with Crippen molar-refractivity contribution in [2.24, 2.45) is 53.3 Å². The number of hydrogen-bond acceptors (Lipinski definition) is 0. The molecule has 0 bridgehead atoms. The molecule has 0 aromatic rings. The molecule has 0 aromatic carbocycles. The maximum absolute atomic E-state index is 4.23. The van der Waals surface area contributed by atoms with Gasteiger partial charge in [0.05, 0.1) is 0 Å². The predicted molar refractivity (Wildman–Crippen MR) is 165 cm³/mol. The van der Waals surface area contributed by atoms with E-state index < -0.39 is 0 Å². The second-order valence-corrected chi connectivity index (χ2v) is 15.5. The van der Waals surface area contributed by atoms with Gasteiger partial charge >= 0.3 is 0 Å². The van der Waals surface area contributed by atoms with E-state index in [1.807, 2.05) is 33.4 Å². The fourth-order valence-corrected chi connectivity index (χ4v) is 12.8. The van der Waals surface area contributed by atoms with Gasteiger partial charge in [-0.3, -0.25) is 0 Å². The van der Waals surface area contributed by atoms with Gasteiger partial charge in [-0.2, -0.15) is 0 Å². The van der Waals surface area contributed by atoms with Crippen LogP contribution in [-0.2, 0) is 0 Å². The predicted octanol–water partition coefficient (Wildman–Crippen LogP) is 10.7. The molecule has 1 heteroatoms. The summed E-state index contributed by atoms with van der Waals surface area (Å²) in [6.45, 7) is 0. The Kier molecular flexibility index (Phi) is 5.81. The lowest BCUT2D eigenvalue weighted by atomic mass is 9.45. The highest BCUT2D eigenvalue weighted by molar-refractivity contribution is 9.11. The van der Waals surface area contributed by atoms with Crippen molar-refractivity contribution < 1.29 is 0 Å². The van der Waals surface area contributed by atoms with Crippen LogP contribution in [0.25, 0.3) is 0 Å². The minimum atomic E-state index is 0.707. The quantitative estimate of drug-likeness (QED) is 0.250. The molecular weight excluding hydrogens is 536 g/mol. The van der Waals surface area contributed by atoms with Crippen LogP contribution in [0.15, 0.2) is 80.0 Å². The molecule has 0 radical (unpaired) electrons. The first-order valence-corrected chi connectivity index (χ1v) is 17.7. The van der Waals surface area contributed by atoms with Gasteiger partial charge in [0, 0.05) is 11.8 Å². The van der Waals surface area contributed by atoms with E-state index in [1.165, 1.54) is 96.3 Å². The molecule has 9 aliphatic rings. The summed E-state index contributed by atoms with van der Waals surface area (Å²) in [6, 6.07) is 0. The van der Waals surface area contributed by atoms with Crippen molar-refractivity contribution in [1.29, 1.82) is 0 Å². The summed E-state index contributed by atoms with van der Waals surface area (Å²) in [7, 11) is 0. The molecule has 9 atom stereocenters. The first kappa shape index (κ1) is 24.3. The third-order valence-electron chi connectivity index (χ3n) is 13.3. The molecule has 0 heterocycles. The zero-order valence-electron chi connectivity index (χ0n) is 23.6. The lowest BCUT2D eigenvalue weighted by Crippen LogP contribution is -2.52. The van der Waals surface area contributed by atoms with E-state index in [-0.39, 0.29) is 0 Å². The number of rotatable bonds is 0. The SMILES string of the molecule is BrC1=CCCC2C3CCC=CC3C3C4=CC5=C(CC4C4=C(CCCC4)C3C12)C1=C(C=CCC1)C1CCCCC51. The molecule has 204 valence electrons. The number of halogens is 1. The van der Waals surface area contributed by atoms with Crippen LogP contribution < -0.4 is 0 Å². The van der Waals surface area contributed by atoms with Crippen molar-refractivity contribution in [3.8, 4) is 0 Å². The average molecular weight is 582 g/mol. The molecule has 2 fully saturated rings. The Bertz CT molecular complexity index is 1310. The Morgan fingerprint density at radius 3 is 2.38 bits per heavy atom. The summed E-state index contributed by atoms with van der Waals surface area (Å²) in [5.41, 5.74) is 13.1. The summed E-state index contributed by atoms with van der Waals surface area (Å²) in [6.07, 6.45) is 36.6.